The van der Waals surface area contributed by atoms with Crippen LogP contribution < -0.4 is 25.0 Å². The van der Waals surface area contributed by atoms with Crippen LogP contribution in [0.3, 0.4) is 0 Å². The number of amides is 2. The minimum Gasteiger partial charge on any atom is -0.454 e. The summed E-state index contributed by atoms with van der Waals surface area (Å²) < 4.78 is 10.7. The van der Waals surface area contributed by atoms with Crippen LogP contribution in [0.15, 0.2) is 72.8 Å². The zero-order chi connectivity index (χ0) is 20.1. The highest BCUT2D eigenvalue weighted by molar-refractivity contribution is 5.93. The minimum absolute atomic E-state index is 0.236. The van der Waals surface area contributed by atoms with E-state index in [4.69, 9.17) is 9.47 Å². The van der Waals surface area contributed by atoms with Crippen molar-refractivity contribution in [1.29, 1.82) is 0 Å². The van der Waals surface area contributed by atoms with E-state index in [1.54, 1.807) is 0 Å². The maximum Gasteiger partial charge on any atom is 0.319 e. The Morgan fingerprint density at radius 2 is 1.69 bits per heavy atom. The van der Waals surface area contributed by atoms with E-state index in [0.717, 1.165) is 29.2 Å². The summed E-state index contributed by atoms with van der Waals surface area (Å²) in [6.45, 7) is 1.38. The summed E-state index contributed by atoms with van der Waals surface area (Å²) in [5.74, 6) is 1.44. The van der Waals surface area contributed by atoms with Gasteiger partial charge in [-0.2, -0.15) is 0 Å². The molecule has 0 saturated heterocycles. The van der Waals surface area contributed by atoms with Crippen LogP contribution in [-0.2, 0) is 13.1 Å². The third kappa shape index (κ3) is 4.60. The number of rotatable bonds is 6. The summed E-state index contributed by atoms with van der Waals surface area (Å²) in [6, 6.07) is 23.4. The van der Waals surface area contributed by atoms with Crippen LogP contribution in [-0.4, -0.2) is 19.9 Å². The standard InChI is InChI=1S/C23H23N3O3/c1-26(15-17-7-3-2-4-8-17)20-10-6-5-9-19(20)25-23(27)24-14-18-11-12-21-22(13-18)29-16-28-21/h2-13H,14-16H2,1H3,(H2,24,25,27). The molecule has 1 aliphatic heterocycles. The van der Waals surface area contributed by atoms with Crippen molar-refractivity contribution in [2.45, 2.75) is 13.1 Å². The molecule has 0 saturated carbocycles. The Morgan fingerprint density at radius 1 is 0.931 bits per heavy atom. The largest absolute Gasteiger partial charge is 0.454 e. The van der Waals surface area contributed by atoms with E-state index < -0.39 is 0 Å². The first-order valence-electron chi connectivity index (χ1n) is 9.46. The van der Waals surface area contributed by atoms with Gasteiger partial charge in [-0.15, -0.1) is 0 Å². The third-order valence-electron chi connectivity index (χ3n) is 4.72. The molecular formula is C23H23N3O3. The number of benzene rings is 3. The molecule has 3 aromatic rings. The number of nitrogens with one attached hydrogen (secondary N) is 2. The van der Waals surface area contributed by atoms with Crippen LogP contribution in [0.1, 0.15) is 11.1 Å². The molecule has 0 fully saturated rings. The number of carbonyl (C=O) groups excluding carboxylic acids is 1. The van der Waals surface area contributed by atoms with Gasteiger partial charge in [-0.3, -0.25) is 0 Å². The second-order valence-corrected chi connectivity index (χ2v) is 6.85. The molecule has 0 radical (unpaired) electrons. The van der Waals surface area contributed by atoms with Gasteiger partial charge in [0.25, 0.3) is 0 Å². The van der Waals surface area contributed by atoms with Crippen molar-refractivity contribution in [3.8, 4) is 11.5 Å². The summed E-state index contributed by atoms with van der Waals surface area (Å²) in [5, 5.41) is 5.84. The van der Waals surface area contributed by atoms with Crippen molar-refractivity contribution in [3.63, 3.8) is 0 Å². The highest BCUT2D eigenvalue weighted by Crippen LogP contribution is 2.32. The second-order valence-electron chi connectivity index (χ2n) is 6.85. The fourth-order valence-corrected chi connectivity index (χ4v) is 3.25. The van der Waals surface area contributed by atoms with Crippen molar-refractivity contribution in [2.24, 2.45) is 0 Å². The molecule has 148 valence electrons. The predicted octanol–water partition coefficient (Wildman–Crippen LogP) is 4.37. The number of nitrogens with zero attached hydrogens (tertiary/aromatic N) is 1. The molecule has 0 unspecified atom stereocenters. The average Bonchev–Trinajstić information content (AvgIpc) is 3.21. The van der Waals surface area contributed by atoms with E-state index in [2.05, 4.69) is 27.7 Å². The van der Waals surface area contributed by atoms with Crippen LogP contribution in [0.2, 0.25) is 0 Å². The summed E-state index contributed by atoms with van der Waals surface area (Å²) in [5.41, 5.74) is 3.86. The van der Waals surface area contributed by atoms with Crippen molar-refractivity contribution >= 4 is 17.4 Å². The fraction of sp³-hybridized carbons (Fsp3) is 0.174. The minimum atomic E-state index is -0.261. The molecule has 2 amide bonds. The smallest absolute Gasteiger partial charge is 0.319 e. The second kappa shape index (κ2) is 8.56. The molecule has 6 heteroatoms. The van der Waals surface area contributed by atoms with E-state index in [-0.39, 0.29) is 12.8 Å². The molecule has 0 aliphatic carbocycles. The zero-order valence-electron chi connectivity index (χ0n) is 16.2. The molecule has 0 atom stereocenters. The first-order valence-corrected chi connectivity index (χ1v) is 9.46. The maximum atomic E-state index is 12.5. The number of hydrogen-bond donors (Lipinski definition) is 2. The quantitative estimate of drug-likeness (QED) is 0.657. The molecule has 0 aromatic heterocycles. The molecule has 0 bridgehead atoms. The van der Waals surface area contributed by atoms with Crippen LogP contribution >= 0.6 is 0 Å². The lowest BCUT2D eigenvalue weighted by molar-refractivity contribution is 0.174. The topological polar surface area (TPSA) is 62.8 Å². The zero-order valence-corrected chi connectivity index (χ0v) is 16.2. The normalized spacial score (nSPS) is 11.8. The first kappa shape index (κ1) is 18.7. The van der Waals surface area contributed by atoms with E-state index >= 15 is 0 Å². The van der Waals surface area contributed by atoms with Gasteiger partial charge in [0.2, 0.25) is 6.79 Å². The molecule has 1 aliphatic rings. The third-order valence-corrected chi connectivity index (χ3v) is 4.72. The van der Waals surface area contributed by atoms with Crippen LogP contribution in [0, 0.1) is 0 Å². The molecule has 29 heavy (non-hydrogen) atoms. The van der Waals surface area contributed by atoms with E-state index in [1.165, 1.54) is 5.56 Å². The van der Waals surface area contributed by atoms with Crippen LogP contribution in [0.5, 0.6) is 11.5 Å². The van der Waals surface area contributed by atoms with E-state index in [9.17, 15) is 4.79 Å². The number of anilines is 2. The predicted molar refractivity (Wildman–Crippen MR) is 113 cm³/mol. The number of ether oxygens (including phenoxy) is 2. The van der Waals surface area contributed by atoms with Crippen LogP contribution in [0.4, 0.5) is 16.2 Å². The lowest BCUT2D eigenvalue weighted by atomic mass is 10.2. The van der Waals surface area contributed by atoms with Crippen molar-refractivity contribution in [1.82, 2.24) is 5.32 Å². The van der Waals surface area contributed by atoms with Gasteiger partial charge < -0.3 is 25.0 Å². The molecule has 3 aromatic carbocycles. The molecule has 0 spiro atoms. The van der Waals surface area contributed by atoms with E-state index in [1.807, 2.05) is 67.7 Å². The molecular weight excluding hydrogens is 366 g/mol. The summed E-state index contributed by atoms with van der Waals surface area (Å²) in [4.78, 5) is 14.6. The Labute approximate surface area is 170 Å². The van der Waals surface area contributed by atoms with Crippen LogP contribution in [0.25, 0.3) is 0 Å². The number of fused-ring (bicyclic) bond motifs is 1. The van der Waals surface area contributed by atoms with E-state index in [0.29, 0.717) is 12.3 Å². The highest BCUT2D eigenvalue weighted by Gasteiger charge is 2.14. The van der Waals surface area contributed by atoms with Gasteiger partial charge in [-0.1, -0.05) is 48.5 Å². The Bertz CT molecular complexity index is 992. The van der Waals surface area contributed by atoms with Gasteiger partial charge in [-0.25, -0.2) is 4.79 Å². The summed E-state index contributed by atoms with van der Waals surface area (Å²) in [6.07, 6.45) is 0. The van der Waals surface area contributed by atoms with Gasteiger partial charge in [0.15, 0.2) is 11.5 Å². The number of hydrogen-bond acceptors (Lipinski definition) is 4. The maximum absolute atomic E-state index is 12.5. The number of carbonyl (C=O) groups is 1. The monoisotopic (exact) mass is 389 g/mol. The molecule has 4 rings (SSSR count). The first-order chi connectivity index (χ1) is 14.2. The van der Waals surface area contributed by atoms with Crippen molar-refractivity contribution < 1.29 is 14.3 Å². The molecule has 6 nitrogen and oxygen atoms in total. The Balaban J connectivity index is 1.38. The Hall–Kier alpha value is -3.67. The number of urea groups is 1. The lowest BCUT2D eigenvalue weighted by Gasteiger charge is -2.23. The lowest BCUT2D eigenvalue weighted by Crippen LogP contribution is -2.29. The van der Waals surface area contributed by atoms with Crippen molar-refractivity contribution in [3.05, 3.63) is 83.9 Å². The summed E-state index contributed by atoms with van der Waals surface area (Å²) >= 11 is 0. The molecule has 2 N–H and O–H groups in total. The van der Waals surface area contributed by atoms with Gasteiger partial charge in [0.05, 0.1) is 11.4 Å². The highest BCUT2D eigenvalue weighted by atomic mass is 16.7. The summed E-state index contributed by atoms with van der Waals surface area (Å²) in [7, 11) is 2.01. The van der Waals surface area contributed by atoms with Gasteiger partial charge in [0, 0.05) is 20.1 Å². The Kier molecular flexibility index (Phi) is 5.52. The molecule has 1 heterocycles. The average molecular weight is 389 g/mol. The fourth-order valence-electron chi connectivity index (χ4n) is 3.25. The van der Waals surface area contributed by atoms with Gasteiger partial charge >= 0.3 is 6.03 Å². The van der Waals surface area contributed by atoms with Gasteiger partial charge in [-0.05, 0) is 35.4 Å². The van der Waals surface area contributed by atoms with Crippen molar-refractivity contribution in [2.75, 3.05) is 24.1 Å². The number of para-hydroxylation sites is 2. The van der Waals surface area contributed by atoms with Gasteiger partial charge in [0.1, 0.15) is 0 Å². The SMILES string of the molecule is CN(Cc1ccccc1)c1ccccc1NC(=O)NCc1ccc2c(c1)OCO2. The Morgan fingerprint density at radius 3 is 2.55 bits per heavy atom.